The highest BCUT2D eigenvalue weighted by molar-refractivity contribution is 5.72. The van der Waals surface area contributed by atoms with Crippen LogP contribution in [-0.4, -0.2) is 41.3 Å². The number of hydrogen-bond donors (Lipinski definition) is 0. The van der Waals surface area contributed by atoms with E-state index in [1.165, 1.54) is 7.11 Å². The number of rotatable bonds is 10. The maximum absolute atomic E-state index is 11.9. The first kappa shape index (κ1) is 21.5. The van der Waals surface area contributed by atoms with Gasteiger partial charge in [-0.3, -0.25) is 9.69 Å². The van der Waals surface area contributed by atoms with Gasteiger partial charge in [-0.2, -0.15) is 4.98 Å². The molecule has 0 bridgehead atoms. The quantitative estimate of drug-likeness (QED) is 0.469. The summed E-state index contributed by atoms with van der Waals surface area (Å²) in [5.74, 6) is 1.30. The van der Waals surface area contributed by atoms with E-state index >= 15 is 0 Å². The number of nitrogens with zero attached hydrogens (tertiary/aromatic N) is 3. The third kappa shape index (κ3) is 5.90. The van der Waals surface area contributed by atoms with E-state index in [1.807, 2.05) is 56.3 Å². The van der Waals surface area contributed by atoms with Crippen molar-refractivity contribution in [2.24, 2.45) is 5.92 Å². The maximum Gasteiger partial charge on any atom is 0.309 e. The second kappa shape index (κ2) is 10.5. The molecule has 2 aromatic carbocycles. The van der Waals surface area contributed by atoms with Crippen LogP contribution in [-0.2, 0) is 22.6 Å². The molecule has 0 aliphatic rings. The van der Waals surface area contributed by atoms with Gasteiger partial charge in [0.15, 0.2) is 0 Å². The minimum absolute atomic E-state index is 0.242. The number of carbonyl (C=O) groups excluding carboxylic acids is 1. The number of esters is 1. The van der Waals surface area contributed by atoms with Crippen molar-refractivity contribution in [3.8, 4) is 17.1 Å². The van der Waals surface area contributed by atoms with E-state index in [9.17, 15) is 4.79 Å². The van der Waals surface area contributed by atoms with Gasteiger partial charge in [-0.1, -0.05) is 42.4 Å². The molecule has 1 heterocycles. The van der Waals surface area contributed by atoms with Crippen LogP contribution in [0.3, 0.4) is 0 Å². The molecule has 0 saturated carbocycles. The van der Waals surface area contributed by atoms with Crippen molar-refractivity contribution in [3.05, 3.63) is 66.1 Å². The van der Waals surface area contributed by atoms with Crippen LogP contribution in [0, 0.1) is 5.92 Å². The molecule has 0 N–H and O–H groups in total. The van der Waals surface area contributed by atoms with Gasteiger partial charge in [-0.25, -0.2) is 0 Å². The molecule has 0 aliphatic heterocycles. The Kier molecular flexibility index (Phi) is 7.57. The van der Waals surface area contributed by atoms with Gasteiger partial charge in [0.2, 0.25) is 11.7 Å². The number of aromatic nitrogens is 2. The number of benzene rings is 2. The van der Waals surface area contributed by atoms with Crippen molar-refractivity contribution >= 4 is 5.97 Å². The van der Waals surface area contributed by atoms with E-state index in [0.29, 0.717) is 38.0 Å². The summed E-state index contributed by atoms with van der Waals surface area (Å²) in [6.45, 7) is 6.02. The van der Waals surface area contributed by atoms with Crippen LogP contribution >= 0.6 is 0 Å². The Morgan fingerprint density at radius 2 is 1.83 bits per heavy atom. The predicted molar refractivity (Wildman–Crippen MR) is 113 cm³/mol. The Morgan fingerprint density at radius 1 is 1.10 bits per heavy atom. The highest BCUT2D eigenvalue weighted by Gasteiger charge is 2.20. The van der Waals surface area contributed by atoms with Gasteiger partial charge in [-0.15, -0.1) is 0 Å². The Balaban J connectivity index is 1.72. The second-order valence-electron chi connectivity index (χ2n) is 7.05. The van der Waals surface area contributed by atoms with E-state index < -0.39 is 0 Å². The van der Waals surface area contributed by atoms with Gasteiger partial charge >= 0.3 is 5.97 Å². The summed E-state index contributed by atoms with van der Waals surface area (Å²) < 4.78 is 15.8. The maximum atomic E-state index is 11.9. The molecule has 0 fully saturated rings. The lowest BCUT2D eigenvalue weighted by atomic mass is 10.1. The molecule has 7 heteroatoms. The van der Waals surface area contributed by atoms with Gasteiger partial charge in [0.05, 0.1) is 26.2 Å². The molecule has 0 amide bonds. The van der Waals surface area contributed by atoms with E-state index in [4.69, 9.17) is 14.0 Å². The number of methoxy groups -OCH3 is 1. The average Bonchev–Trinajstić information content (AvgIpc) is 3.23. The Hall–Kier alpha value is -3.19. The van der Waals surface area contributed by atoms with Gasteiger partial charge < -0.3 is 14.0 Å². The summed E-state index contributed by atoms with van der Waals surface area (Å²) in [5.41, 5.74) is 1.99. The van der Waals surface area contributed by atoms with Crippen molar-refractivity contribution in [3.63, 3.8) is 0 Å². The lowest BCUT2D eigenvalue weighted by Crippen LogP contribution is -2.32. The number of ether oxygens (including phenoxy) is 2. The van der Waals surface area contributed by atoms with Crippen LogP contribution in [0.4, 0.5) is 0 Å². The molecular formula is C23H27N3O4. The standard InChI is InChI=1S/C23H27N3O4/c1-4-29-20-12-10-19(11-13-20)22-24-21(30-25-22)16-26(14-17(2)23(27)28-3)15-18-8-6-5-7-9-18/h5-13,17H,4,14-16H2,1-3H3. The summed E-state index contributed by atoms with van der Waals surface area (Å²) in [5, 5.41) is 4.11. The minimum atomic E-state index is -0.271. The lowest BCUT2D eigenvalue weighted by molar-refractivity contribution is -0.145. The lowest BCUT2D eigenvalue weighted by Gasteiger charge is -2.23. The van der Waals surface area contributed by atoms with Crippen molar-refractivity contribution < 1.29 is 18.8 Å². The Morgan fingerprint density at radius 3 is 2.50 bits per heavy atom. The third-order valence-corrected chi connectivity index (χ3v) is 4.64. The summed E-state index contributed by atoms with van der Waals surface area (Å²) >= 11 is 0. The summed E-state index contributed by atoms with van der Waals surface area (Å²) in [6.07, 6.45) is 0. The molecule has 0 spiro atoms. The van der Waals surface area contributed by atoms with Crippen LogP contribution < -0.4 is 4.74 Å². The topological polar surface area (TPSA) is 77.7 Å². The number of carbonyl (C=O) groups is 1. The molecule has 0 saturated heterocycles. The van der Waals surface area contributed by atoms with Crippen LogP contribution in [0.25, 0.3) is 11.4 Å². The molecule has 1 atom stereocenters. The minimum Gasteiger partial charge on any atom is -0.494 e. The molecule has 7 nitrogen and oxygen atoms in total. The highest BCUT2D eigenvalue weighted by atomic mass is 16.5. The van der Waals surface area contributed by atoms with Crippen LogP contribution in [0.15, 0.2) is 59.1 Å². The molecule has 3 rings (SSSR count). The smallest absolute Gasteiger partial charge is 0.309 e. The SMILES string of the molecule is CCOc1ccc(-c2noc(CN(Cc3ccccc3)CC(C)C(=O)OC)n2)cc1. The first-order valence-electron chi connectivity index (χ1n) is 9.99. The van der Waals surface area contributed by atoms with Gasteiger partial charge in [0, 0.05) is 18.7 Å². The molecule has 1 aromatic heterocycles. The molecule has 30 heavy (non-hydrogen) atoms. The zero-order chi connectivity index (χ0) is 21.3. The molecular weight excluding hydrogens is 382 g/mol. The second-order valence-corrected chi connectivity index (χ2v) is 7.05. The van der Waals surface area contributed by atoms with E-state index in [0.717, 1.165) is 16.9 Å². The molecule has 158 valence electrons. The van der Waals surface area contributed by atoms with Gasteiger partial charge in [0.1, 0.15) is 5.75 Å². The molecule has 1 unspecified atom stereocenters. The van der Waals surface area contributed by atoms with Crippen molar-refractivity contribution in [2.45, 2.75) is 26.9 Å². The predicted octanol–water partition coefficient (Wildman–Crippen LogP) is 3.95. The van der Waals surface area contributed by atoms with Crippen LogP contribution in [0.1, 0.15) is 25.3 Å². The fraction of sp³-hybridized carbons (Fsp3) is 0.348. The Bertz CT molecular complexity index is 925. The molecule has 0 aliphatic carbocycles. The fourth-order valence-electron chi connectivity index (χ4n) is 3.18. The van der Waals surface area contributed by atoms with Crippen molar-refractivity contribution in [1.29, 1.82) is 0 Å². The zero-order valence-electron chi connectivity index (χ0n) is 17.6. The van der Waals surface area contributed by atoms with E-state index in [1.54, 1.807) is 0 Å². The number of hydrogen-bond acceptors (Lipinski definition) is 7. The molecule has 3 aromatic rings. The largest absolute Gasteiger partial charge is 0.494 e. The van der Waals surface area contributed by atoms with Crippen molar-refractivity contribution in [2.75, 3.05) is 20.3 Å². The van der Waals surface area contributed by atoms with Crippen molar-refractivity contribution in [1.82, 2.24) is 15.0 Å². The van der Waals surface area contributed by atoms with E-state index in [2.05, 4.69) is 27.2 Å². The first-order valence-corrected chi connectivity index (χ1v) is 9.99. The highest BCUT2D eigenvalue weighted by Crippen LogP contribution is 2.21. The molecule has 0 radical (unpaired) electrons. The fourth-order valence-corrected chi connectivity index (χ4v) is 3.18. The van der Waals surface area contributed by atoms with Gasteiger partial charge in [0.25, 0.3) is 0 Å². The Labute approximate surface area is 176 Å². The summed E-state index contributed by atoms with van der Waals surface area (Å²) in [6, 6.07) is 17.6. The zero-order valence-corrected chi connectivity index (χ0v) is 17.6. The average molecular weight is 409 g/mol. The van der Waals surface area contributed by atoms with E-state index in [-0.39, 0.29) is 11.9 Å². The van der Waals surface area contributed by atoms with Crippen LogP contribution in [0.5, 0.6) is 5.75 Å². The first-order chi connectivity index (χ1) is 14.6. The summed E-state index contributed by atoms with van der Waals surface area (Å²) in [4.78, 5) is 18.5. The monoisotopic (exact) mass is 409 g/mol. The normalized spacial score (nSPS) is 12.0. The van der Waals surface area contributed by atoms with Crippen LogP contribution in [0.2, 0.25) is 0 Å². The van der Waals surface area contributed by atoms with Gasteiger partial charge in [-0.05, 0) is 36.8 Å². The summed E-state index contributed by atoms with van der Waals surface area (Å²) in [7, 11) is 1.40. The third-order valence-electron chi connectivity index (χ3n) is 4.64.